The molecule has 0 fully saturated rings. The molecule has 0 amide bonds. The molecule has 6 nitrogen and oxygen atoms in total. The molecule has 0 heterocycles. The van der Waals surface area contributed by atoms with Crippen LogP contribution in [0.3, 0.4) is 0 Å². The fourth-order valence-electron chi connectivity index (χ4n) is 3.89. The largest absolute Gasteiger partial charge is 0.508 e. The molecule has 2 aromatic rings. The van der Waals surface area contributed by atoms with Gasteiger partial charge in [0.1, 0.15) is 5.75 Å². The molecule has 0 radical (unpaired) electrons. The van der Waals surface area contributed by atoms with Crippen LogP contribution in [0, 0.1) is 6.92 Å². The minimum atomic E-state index is -0.0478. The monoisotopic (exact) mass is 521 g/mol. The second-order valence-electron chi connectivity index (χ2n) is 8.79. The van der Waals surface area contributed by atoms with Crippen molar-refractivity contribution in [2.75, 3.05) is 46.1 Å². The molecule has 0 aromatic heterocycles. The number of phenolic OH excluding ortho intramolecular Hbond substituents is 1. The van der Waals surface area contributed by atoms with Crippen molar-refractivity contribution >= 4 is 11.6 Å². The van der Waals surface area contributed by atoms with E-state index in [1.165, 1.54) is 0 Å². The Morgan fingerprint density at radius 1 is 0.889 bits per heavy atom. The van der Waals surface area contributed by atoms with E-state index in [1.807, 2.05) is 51.1 Å². The Morgan fingerprint density at radius 3 is 2.47 bits per heavy atom. The van der Waals surface area contributed by atoms with E-state index in [9.17, 15) is 5.11 Å². The zero-order chi connectivity index (χ0) is 26.0. The van der Waals surface area contributed by atoms with E-state index in [-0.39, 0.29) is 11.9 Å². The molecule has 202 valence electrons. The zero-order valence-electron chi connectivity index (χ0n) is 22.2. The van der Waals surface area contributed by atoms with Gasteiger partial charge >= 0.3 is 0 Å². The number of phenols is 1. The van der Waals surface area contributed by atoms with Crippen LogP contribution in [0.2, 0.25) is 5.02 Å². The lowest BCUT2D eigenvalue weighted by Crippen LogP contribution is -2.24. The number of halogens is 1. The van der Waals surface area contributed by atoms with E-state index in [1.54, 1.807) is 6.07 Å². The first-order valence-electron chi connectivity index (χ1n) is 13.2. The molecule has 2 N–H and O–H groups in total. The molecule has 2 aromatic carbocycles. The normalized spacial score (nSPS) is 12.2. The smallest absolute Gasteiger partial charge is 0.121 e. The Balaban J connectivity index is 1.51. The van der Waals surface area contributed by atoms with Crippen LogP contribution in [0.4, 0.5) is 0 Å². The maximum Gasteiger partial charge on any atom is 0.121 e. The van der Waals surface area contributed by atoms with E-state index in [2.05, 4.69) is 5.32 Å². The van der Waals surface area contributed by atoms with Crippen molar-refractivity contribution < 1.29 is 24.1 Å². The molecule has 1 unspecified atom stereocenters. The van der Waals surface area contributed by atoms with Gasteiger partial charge in [0, 0.05) is 37.0 Å². The van der Waals surface area contributed by atoms with Crippen molar-refractivity contribution in [2.45, 2.75) is 65.8 Å². The fraction of sp³-hybridized carbons (Fsp3) is 0.586. The average Bonchev–Trinajstić information content (AvgIpc) is 2.87. The third-order valence-electron chi connectivity index (χ3n) is 6.00. The summed E-state index contributed by atoms with van der Waals surface area (Å²) in [5.41, 5.74) is 4.05. The summed E-state index contributed by atoms with van der Waals surface area (Å²) in [6, 6.07) is 11.5. The van der Waals surface area contributed by atoms with Crippen LogP contribution >= 0.6 is 11.6 Å². The number of aromatic hydroxyl groups is 1. The van der Waals surface area contributed by atoms with Gasteiger partial charge in [-0.25, -0.2) is 0 Å². The van der Waals surface area contributed by atoms with Gasteiger partial charge in [-0.05, 0) is 75.0 Å². The van der Waals surface area contributed by atoms with Gasteiger partial charge < -0.3 is 29.4 Å². The minimum Gasteiger partial charge on any atom is -0.508 e. The predicted octanol–water partition coefficient (Wildman–Crippen LogP) is 6.35. The molecule has 2 rings (SSSR count). The number of hydrogen-bond donors (Lipinski definition) is 2. The Bertz CT molecular complexity index is 843. The predicted molar refractivity (Wildman–Crippen MR) is 146 cm³/mol. The molecule has 7 heteroatoms. The molecule has 0 aliphatic rings. The summed E-state index contributed by atoms with van der Waals surface area (Å²) in [6.45, 7) is 11.8. The van der Waals surface area contributed by atoms with Crippen LogP contribution in [-0.2, 0) is 32.2 Å². The lowest BCUT2D eigenvalue weighted by Gasteiger charge is -2.19. The highest BCUT2D eigenvalue weighted by Gasteiger charge is 2.13. The van der Waals surface area contributed by atoms with Gasteiger partial charge in [-0.3, -0.25) is 0 Å². The number of ether oxygens (including phenoxy) is 4. The van der Waals surface area contributed by atoms with Crippen molar-refractivity contribution in [3.05, 3.63) is 63.7 Å². The summed E-state index contributed by atoms with van der Waals surface area (Å²) >= 11 is 6.22. The zero-order valence-corrected chi connectivity index (χ0v) is 22.9. The lowest BCUT2D eigenvalue weighted by molar-refractivity contribution is 0.0391. The second kappa shape index (κ2) is 18.6. The van der Waals surface area contributed by atoms with Crippen LogP contribution in [0.5, 0.6) is 5.75 Å². The Morgan fingerprint density at radius 2 is 1.69 bits per heavy atom. The summed E-state index contributed by atoms with van der Waals surface area (Å²) in [5, 5.41) is 14.3. The van der Waals surface area contributed by atoms with Gasteiger partial charge in [0.25, 0.3) is 0 Å². The van der Waals surface area contributed by atoms with E-state index in [4.69, 9.17) is 30.5 Å². The lowest BCUT2D eigenvalue weighted by atomic mass is 10.0. The van der Waals surface area contributed by atoms with Crippen molar-refractivity contribution in [3.8, 4) is 5.75 Å². The summed E-state index contributed by atoms with van der Waals surface area (Å²) < 4.78 is 22.8. The van der Waals surface area contributed by atoms with E-state index in [0.29, 0.717) is 39.6 Å². The quantitative estimate of drug-likeness (QED) is 0.198. The Labute approximate surface area is 222 Å². The first kappa shape index (κ1) is 30.6. The summed E-state index contributed by atoms with van der Waals surface area (Å²) in [4.78, 5) is 0. The van der Waals surface area contributed by atoms with Gasteiger partial charge in [-0.2, -0.15) is 0 Å². The maximum atomic E-state index is 10.1. The highest BCUT2D eigenvalue weighted by atomic mass is 35.5. The van der Waals surface area contributed by atoms with Crippen LogP contribution < -0.4 is 5.32 Å². The average molecular weight is 522 g/mol. The molecule has 0 aliphatic carbocycles. The van der Waals surface area contributed by atoms with Gasteiger partial charge in [0.15, 0.2) is 0 Å². The third-order valence-corrected chi connectivity index (χ3v) is 6.35. The molecule has 36 heavy (non-hydrogen) atoms. The molecular weight excluding hydrogens is 478 g/mol. The van der Waals surface area contributed by atoms with E-state index >= 15 is 0 Å². The van der Waals surface area contributed by atoms with E-state index in [0.717, 1.165) is 72.7 Å². The minimum absolute atomic E-state index is 0.0478. The number of benzene rings is 2. The molecule has 1 atom stereocenters. The summed E-state index contributed by atoms with van der Waals surface area (Å²) in [7, 11) is 0. The fourth-order valence-corrected chi connectivity index (χ4v) is 4.17. The highest BCUT2D eigenvalue weighted by molar-refractivity contribution is 6.31. The van der Waals surface area contributed by atoms with Crippen LogP contribution in [0.25, 0.3) is 0 Å². The summed E-state index contributed by atoms with van der Waals surface area (Å²) in [6.07, 6.45) is 4.43. The number of rotatable bonds is 20. The molecule has 0 saturated heterocycles. The van der Waals surface area contributed by atoms with Crippen molar-refractivity contribution in [3.63, 3.8) is 0 Å². The molecular formula is C29H44ClNO5. The molecule has 0 spiro atoms. The standard InChI is InChI=1S/C29H44ClNO5/c1-4-33-21-25-19-24(13-14-28(25)32)29(36-5-2)20-31-15-8-6-7-9-16-34-17-18-35-22-26-23(3)11-10-12-27(26)30/h10-14,19,29,31-32H,4-9,15-18,20-22H2,1-3H3. The van der Waals surface area contributed by atoms with Gasteiger partial charge in [0.05, 0.1) is 32.5 Å². The maximum absolute atomic E-state index is 10.1. The SMILES string of the molecule is CCOCc1cc(C(CNCCCCCCOCCOCc2c(C)cccc2Cl)OCC)ccc1O. The van der Waals surface area contributed by atoms with E-state index < -0.39 is 0 Å². The first-order chi connectivity index (χ1) is 17.6. The van der Waals surface area contributed by atoms with Crippen molar-refractivity contribution in [1.82, 2.24) is 5.32 Å². The summed E-state index contributed by atoms with van der Waals surface area (Å²) in [5.74, 6) is 0.263. The Kier molecular flexibility index (Phi) is 15.7. The van der Waals surface area contributed by atoms with Crippen molar-refractivity contribution in [2.24, 2.45) is 0 Å². The van der Waals surface area contributed by atoms with Gasteiger partial charge in [-0.15, -0.1) is 0 Å². The molecule has 0 bridgehead atoms. The number of aryl methyl sites for hydroxylation is 1. The van der Waals surface area contributed by atoms with Crippen molar-refractivity contribution in [1.29, 1.82) is 0 Å². The highest BCUT2D eigenvalue weighted by Crippen LogP contribution is 2.25. The first-order valence-corrected chi connectivity index (χ1v) is 13.6. The van der Waals surface area contributed by atoms with Crippen LogP contribution in [0.15, 0.2) is 36.4 Å². The Hall–Kier alpha value is -1.67. The van der Waals surface area contributed by atoms with Gasteiger partial charge in [-0.1, -0.05) is 42.6 Å². The van der Waals surface area contributed by atoms with Crippen LogP contribution in [0.1, 0.15) is 67.9 Å². The number of hydrogen-bond acceptors (Lipinski definition) is 6. The van der Waals surface area contributed by atoms with Gasteiger partial charge in [0.2, 0.25) is 0 Å². The number of unbranched alkanes of at least 4 members (excludes halogenated alkanes) is 3. The molecule has 0 aliphatic heterocycles. The third kappa shape index (κ3) is 11.6. The topological polar surface area (TPSA) is 69.2 Å². The number of nitrogens with one attached hydrogen (secondary N) is 1. The second-order valence-corrected chi connectivity index (χ2v) is 9.20. The molecule has 0 saturated carbocycles. The van der Waals surface area contributed by atoms with Crippen LogP contribution in [-0.4, -0.2) is 51.2 Å².